The number of aliphatic hydroxyl groups excluding tert-OH is 1. The molecule has 0 aliphatic rings. The quantitative estimate of drug-likeness (QED) is 0.557. The molecule has 1 unspecified atom stereocenters. The number of carbonyl (C=O) groups is 2. The van der Waals surface area contributed by atoms with Crippen molar-refractivity contribution in [2.24, 2.45) is 5.73 Å². The van der Waals surface area contributed by atoms with Gasteiger partial charge in [0.15, 0.2) is 0 Å². The van der Waals surface area contributed by atoms with Gasteiger partial charge in [0.05, 0.1) is 12.1 Å². The van der Waals surface area contributed by atoms with E-state index in [0.717, 1.165) is 0 Å². The molecule has 1 aromatic rings. The summed E-state index contributed by atoms with van der Waals surface area (Å²) in [6, 6.07) is 6.99. The highest BCUT2D eigenvalue weighted by Gasteiger charge is 2.14. The maximum atomic E-state index is 11.9. The summed E-state index contributed by atoms with van der Waals surface area (Å²) in [7, 11) is 0. The predicted octanol–water partition coefficient (Wildman–Crippen LogP) is -0.306. The third-order valence-electron chi connectivity index (χ3n) is 2.32. The number of benzene rings is 1. The van der Waals surface area contributed by atoms with Crippen LogP contribution in [0.25, 0.3) is 0 Å². The number of hydrogen-bond donors (Lipinski definition) is 4. The number of nitrogens with two attached hydrogens (primary N) is 1. The average Bonchev–Trinajstić information content (AvgIpc) is 2.36. The Morgan fingerprint density at radius 3 is 2.67 bits per heavy atom. The standard InChI is InChI=1S/C12H17N3O3/c1-2-14-9-6-4-3-5-8(9)12(18)15-7-10(16)11(13)17/h3-6,10,14,16H,2,7H2,1H3,(H2,13,17)(H,15,18). The van der Waals surface area contributed by atoms with E-state index < -0.39 is 12.0 Å². The van der Waals surface area contributed by atoms with Gasteiger partial charge in [-0.25, -0.2) is 0 Å². The van der Waals surface area contributed by atoms with E-state index in [1.165, 1.54) is 0 Å². The van der Waals surface area contributed by atoms with Gasteiger partial charge in [0, 0.05) is 12.2 Å². The molecule has 0 aliphatic heterocycles. The van der Waals surface area contributed by atoms with Crippen molar-refractivity contribution < 1.29 is 14.7 Å². The monoisotopic (exact) mass is 251 g/mol. The number of carbonyl (C=O) groups excluding carboxylic acids is 2. The minimum absolute atomic E-state index is 0.200. The second kappa shape index (κ2) is 6.61. The Labute approximate surface area is 105 Å². The molecule has 1 rings (SSSR count). The van der Waals surface area contributed by atoms with Crippen LogP contribution in [-0.4, -0.2) is 36.1 Å². The van der Waals surface area contributed by atoms with E-state index in [-0.39, 0.29) is 12.5 Å². The van der Waals surface area contributed by atoms with Gasteiger partial charge >= 0.3 is 0 Å². The normalized spacial score (nSPS) is 11.7. The van der Waals surface area contributed by atoms with Crippen LogP contribution < -0.4 is 16.4 Å². The van der Waals surface area contributed by atoms with Crippen LogP contribution in [0, 0.1) is 0 Å². The zero-order valence-electron chi connectivity index (χ0n) is 10.1. The molecular weight excluding hydrogens is 234 g/mol. The third-order valence-corrected chi connectivity index (χ3v) is 2.32. The smallest absolute Gasteiger partial charge is 0.253 e. The van der Waals surface area contributed by atoms with Gasteiger partial charge in [-0.05, 0) is 19.1 Å². The maximum absolute atomic E-state index is 11.9. The molecule has 0 saturated heterocycles. The van der Waals surface area contributed by atoms with Crippen LogP contribution in [0.3, 0.4) is 0 Å². The molecule has 1 aromatic carbocycles. The molecule has 0 saturated carbocycles. The summed E-state index contributed by atoms with van der Waals surface area (Å²) in [5, 5.41) is 14.7. The first-order valence-corrected chi connectivity index (χ1v) is 5.64. The van der Waals surface area contributed by atoms with Gasteiger partial charge in [-0.3, -0.25) is 9.59 Å². The summed E-state index contributed by atoms with van der Waals surface area (Å²) in [5.74, 6) is -1.23. The van der Waals surface area contributed by atoms with Crippen molar-refractivity contribution in [2.45, 2.75) is 13.0 Å². The first-order chi connectivity index (χ1) is 8.56. The van der Waals surface area contributed by atoms with Gasteiger partial charge < -0.3 is 21.5 Å². The summed E-state index contributed by atoms with van der Waals surface area (Å²) in [4.78, 5) is 22.5. The van der Waals surface area contributed by atoms with Crippen LogP contribution >= 0.6 is 0 Å². The molecule has 1 atom stereocenters. The number of amides is 2. The SMILES string of the molecule is CCNc1ccccc1C(=O)NCC(O)C(N)=O. The topological polar surface area (TPSA) is 104 Å². The van der Waals surface area contributed by atoms with Gasteiger partial charge in [-0.2, -0.15) is 0 Å². The molecule has 6 nitrogen and oxygen atoms in total. The Morgan fingerprint density at radius 1 is 1.39 bits per heavy atom. The fourth-order valence-electron chi connectivity index (χ4n) is 1.41. The molecule has 18 heavy (non-hydrogen) atoms. The molecule has 2 amide bonds. The Kier molecular flexibility index (Phi) is 5.13. The molecule has 0 heterocycles. The Balaban J connectivity index is 2.69. The predicted molar refractivity (Wildman–Crippen MR) is 68.1 cm³/mol. The van der Waals surface area contributed by atoms with E-state index >= 15 is 0 Å². The molecule has 5 N–H and O–H groups in total. The fourth-order valence-corrected chi connectivity index (χ4v) is 1.41. The van der Waals surface area contributed by atoms with E-state index in [4.69, 9.17) is 5.73 Å². The first-order valence-electron chi connectivity index (χ1n) is 5.64. The van der Waals surface area contributed by atoms with E-state index in [2.05, 4.69) is 10.6 Å². The largest absolute Gasteiger partial charge is 0.385 e. The van der Waals surface area contributed by atoms with Crippen LogP contribution in [0.4, 0.5) is 5.69 Å². The van der Waals surface area contributed by atoms with Crippen molar-refractivity contribution in [1.29, 1.82) is 0 Å². The van der Waals surface area contributed by atoms with Gasteiger partial charge in [-0.1, -0.05) is 12.1 Å². The van der Waals surface area contributed by atoms with Crippen LogP contribution in [0.1, 0.15) is 17.3 Å². The lowest BCUT2D eigenvalue weighted by atomic mass is 10.1. The van der Waals surface area contributed by atoms with E-state index in [1.807, 2.05) is 13.0 Å². The molecule has 0 spiro atoms. The average molecular weight is 251 g/mol. The molecule has 0 bridgehead atoms. The van der Waals surface area contributed by atoms with Crippen molar-refractivity contribution in [2.75, 3.05) is 18.4 Å². The van der Waals surface area contributed by atoms with Crippen molar-refractivity contribution in [1.82, 2.24) is 5.32 Å². The van der Waals surface area contributed by atoms with E-state index in [1.54, 1.807) is 18.2 Å². The maximum Gasteiger partial charge on any atom is 0.253 e. The Bertz CT molecular complexity index is 434. The number of para-hydroxylation sites is 1. The summed E-state index contributed by atoms with van der Waals surface area (Å²) in [5.41, 5.74) is 6.04. The summed E-state index contributed by atoms with van der Waals surface area (Å²) in [6.07, 6.45) is -1.37. The van der Waals surface area contributed by atoms with Crippen molar-refractivity contribution >= 4 is 17.5 Å². The number of nitrogens with one attached hydrogen (secondary N) is 2. The number of hydrogen-bond acceptors (Lipinski definition) is 4. The Morgan fingerprint density at radius 2 is 2.06 bits per heavy atom. The second-order valence-electron chi connectivity index (χ2n) is 3.70. The number of rotatable bonds is 6. The van der Waals surface area contributed by atoms with Crippen molar-refractivity contribution in [3.05, 3.63) is 29.8 Å². The first kappa shape index (κ1) is 14.0. The second-order valence-corrected chi connectivity index (χ2v) is 3.70. The van der Waals surface area contributed by atoms with Crippen LogP contribution in [0.5, 0.6) is 0 Å². The molecular formula is C12H17N3O3. The number of anilines is 1. The minimum Gasteiger partial charge on any atom is -0.385 e. The van der Waals surface area contributed by atoms with Crippen LogP contribution in [0.2, 0.25) is 0 Å². The summed E-state index contributed by atoms with van der Waals surface area (Å²) >= 11 is 0. The van der Waals surface area contributed by atoms with Crippen LogP contribution in [0.15, 0.2) is 24.3 Å². The van der Waals surface area contributed by atoms with Crippen molar-refractivity contribution in [3.63, 3.8) is 0 Å². The molecule has 6 heteroatoms. The highest BCUT2D eigenvalue weighted by molar-refractivity contribution is 5.99. The molecule has 0 radical (unpaired) electrons. The number of aliphatic hydroxyl groups is 1. The fraction of sp³-hybridized carbons (Fsp3) is 0.333. The highest BCUT2D eigenvalue weighted by atomic mass is 16.3. The lowest BCUT2D eigenvalue weighted by molar-refractivity contribution is -0.125. The van der Waals surface area contributed by atoms with Crippen molar-refractivity contribution in [3.8, 4) is 0 Å². The third kappa shape index (κ3) is 3.74. The Hall–Kier alpha value is -2.08. The molecule has 0 aliphatic carbocycles. The highest BCUT2D eigenvalue weighted by Crippen LogP contribution is 2.14. The minimum atomic E-state index is -1.37. The van der Waals surface area contributed by atoms with E-state index in [0.29, 0.717) is 17.8 Å². The summed E-state index contributed by atoms with van der Waals surface area (Å²) in [6.45, 7) is 2.41. The zero-order valence-corrected chi connectivity index (χ0v) is 10.1. The van der Waals surface area contributed by atoms with Gasteiger partial charge in [0.1, 0.15) is 6.10 Å². The summed E-state index contributed by atoms with van der Waals surface area (Å²) < 4.78 is 0. The lowest BCUT2D eigenvalue weighted by Crippen LogP contribution is -2.40. The van der Waals surface area contributed by atoms with E-state index in [9.17, 15) is 14.7 Å². The molecule has 0 aromatic heterocycles. The lowest BCUT2D eigenvalue weighted by Gasteiger charge is -2.12. The molecule has 98 valence electrons. The number of primary amides is 1. The molecule has 0 fully saturated rings. The van der Waals surface area contributed by atoms with Gasteiger partial charge in [0.2, 0.25) is 5.91 Å². The van der Waals surface area contributed by atoms with Crippen LogP contribution in [-0.2, 0) is 4.79 Å². The zero-order chi connectivity index (χ0) is 13.5. The van der Waals surface area contributed by atoms with Gasteiger partial charge in [0.25, 0.3) is 5.91 Å². The van der Waals surface area contributed by atoms with Gasteiger partial charge in [-0.15, -0.1) is 0 Å².